The minimum Gasteiger partial charge on any atom is -0.325 e. The minimum atomic E-state index is -0.156. The van der Waals surface area contributed by atoms with Crippen LogP contribution in [0.3, 0.4) is 0 Å². The lowest BCUT2D eigenvalue weighted by Crippen LogP contribution is -2.32. The Kier molecular flexibility index (Phi) is 6.28. The second-order valence-corrected chi connectivity index (χ2v) is 7.73. The molecule has 0 rings (SSSR count). The van der Waals surface area contributed by atoms with E-state index >= 15 is 0 Å². The Balaban J connectivity index is 5.47. The molecule has 0 aliphatic carbocycles. The Labute approximate surface area is 120 Å². The van der Waals surface area contributed by atoms with E-state index in [4.69, 9.17) is 5.73 Å². The zero-order chi connectivity index (χ0) is 15.4. The van der Waals surface area contributed by atoms with Gasteiger partial charge in [-0.25, -0.2) is 0 Å². The van der Waals surface area contributed by atoms with Gasteiger partial charge in [0.05, 0.1) is 0 Å². The van der Waals surface area contributed by atoms with Crippen molar-refractivity contribution >= 4 is 0 Å². The fraction of sp³-hybridized carbons (Fsp3) is 0.667. The first-order valence-corrected chi connectivity index (χ1v) is 7.13. The average molecular weight is 263 g/mol. The molecule has 0 unspecified atom stereocenters. The lowest BCUT2D eigenvalue weighted by Gasteiger charge is -2.27. The van der Waals surface area contributed by atoms with Gasteiger partial charge in [-0.1, -0.05) is 50.1 Å². The highest BCUT2D eigenvalue weighted by Gasteiger charge is 2.21. The molecule has 0 fully saturated rings. The van der Waals surface area contributed by atoms with Crippen molar-refractivity contribution in [2.24, 2.45) is 11.1 Å². The summed E-state index contributed by atoms with van der Waals surface area (Å²) < 4.78 is 0. The van der Waals surface area contributed by atoms with Gasteiger partial charge in [0.15, 0.2) is 0 Å². The lowest BCUT2D eigenvalue weighted by molar-refractivity contribution is 0.480. The van der Waals surface area contributed by atoms with E-state index in [1.54, 1.807) is 0 Å². The molecule has 2 N–H and O–H groups in total. The fourth-order valence-electron chi connectivity index (χ4n) is 2.53. The van der Waals surface area contributed by atoms with Crippen molar-refractivity contribution < 1.29 is 0 Å². The van der Waals surface area contributed by atoms with E-state index in [2.05, 4.69) is 68.0 Å². The predicted octanol–water partition coefficient (Wildman–Crippen LogP) is 5.39. The van der Waals surface area contributed by atoms with Crippen LogP contribution in [0.15, 0.2) is 34.9 Å². The molecule has 0 aromatic rings. The van der Waals surface area contributed by atoms with Gasteiger partial charge in [-0.15, -0.1) is 0 Å². The maximum Gasteiger partial charge on any atom is 0.0134 e. The molecule has 19 heavy (non-hydrogen) atoms. The van der Waals surface area contributed by atoms with E-state index in [9.17, 15) is 0 Å². The Hall–Kier alpha value is -0.820. The third-order valence-electron chi connectivity index (χ3n) is 2.96. The Morgan fingerprint density at radius 1 is 1.05 bits per heavy atom. The molecule has 0 saturated carbocycles. The average Bonchev–Trinajstić information content (AvgIpc) is 2.07. The van der Waals surface area contributed by atoms with Crippen LogP contribution in [0, 0.1) is 5.41 Å². The zero-order valence-corrected chi connectivity index (χ0v) is 14.3. The van der Waals surface area contributed by atoms with Crippen molar-refractivity contribution in [3.05, 3.63) is 34.9 Å². The van der Waals surface area contributed by atoms with E-state index in [-0.39, 0.29) is 11.0 Å². The highest BCUT2D eigenvalue weighted by molar-refractivity contribution is 5.34. The molecule has 1 heteroatoms. The first-order chi connectivity index (χ1) is 8.33. The van der Waals surface area contributed by atoms with E-state index in [1.807, 2.05) is 0 Å². The molecule has 0 aliphatic rings. The van der Waals surface area contributed by atoms with Gasteiger partial charge in [0, 0.05) is 5.54 Å². The number of rotatable bonds is 5. The maximum atomic E-state index is 6.16. The molecule has 110 valence electrons. The van der Waals surface area contributed by atoms with Crippen molar-refractivity contribution in [3.63, 3.8) is 0 Å². The quantitative estimate of drug-likeness (QED) is 0.522. The summed E-state index contributed by atoms with van der Waals surface area (Å²) in [5.41, 5.74) is 11.5. The van der Waals surface area contributed by atoms with Crippen molar-refractivity contribution in [1.29, 1.82) is 0 Å². The van der Waals surface area contributed by atoms with Gasteiger partial charge >= 0.3 is 0 Å². The molecular weight excluding hydrogens is 230 g/mol. The summed E-state index contributed by atoms with van der Waals surface area (Å²) in [7, 11) is 0. The van der Waals surface area contributed by atoms with Crippen molar-refractivity contribution in [1.82, 2.24) is 0 Å². The van der Waals surface area contributed by atoms with Crippen molar-refractivity contribution in [2.45, 2.75) is 73.8 Å². The molecule has 0 atom stereocenters. The molecule has 0 amide bonds. The number of allylic oxidation sites excluding steroid dienone is 4. The van der Waals surface area contributed by atoms with Gasteiger partial charge in [0.25, 0.3) is 0 Å². The second kappa shape index (κ2) is 6.56. The summed E-state index contributed by atoms with van der Waals surface area (Å²) in [5.74, 6) is 0. The standard InChI is InChI=1S/C18H33N/c1-13(2)10-14(3)11-16(17(5,6)7)15(4)12-18(8,9)19/h11H,1,10,12,19H2,2-9H3/b14-11+,16-15-. The minimum absolute atomic E-state index is 0.145. The molecule has 0 aromatic carbocycles. The van der Waals surface area contributed by atoms with Gasteiger partial charge in [-0.3, -0.25) is 0 Å². The Morgan fingerprint density at radius 2 is 1.53 bits per heavy atom. The second-order valence-electron chi connectivity index (χ2n) is 7.73. The van der Waals surface area contributed by atoms with Crippen LogP contribution in [0.2, 0.25) is 0 Å². The molecule has 0 heterocycles. The monoisotopic (exact) mass is 263 g/mol. The van der Waals surface area contributed by atoms with E-state index in [1.165, 1.54) is 22.3 Å². The third kappa shape index (κ3) is 8.05. The van der Waals surface area contributed by atoms with E-state index < -0.39 is 0 Å². The van der Waals surface area contributed by atoms with E-state index in [0.717, 1.165) is 12.8 Å². The van der Waals surface area contributed by atoms with Crippen LogP contribution in [-0.4, -0.2) is 5.54 Å². The molecule has 0 aromatic heterocycles. The SMILES string of the molecule is C=C(C)C/C(C)=C/C(=C(\C)CC(C)(C)N)C(C)(C)C. The van der Waals surface area contributed by atoms with Crippen LogP contribution in [0.5, 0.6) is 0 Å². The number of nitrogens with two attached hydrogens (primary N) is 1. The van der Waals surface area contributed by atoms with Gasteiger partial charge < -0.3 is 5.73 Å². The van der Waals surface area contributed by atoms with Crippen LogP contribution >= 0.6 is 0 Å². The van der Waals surface area contributed by atoms with Gasteiger partial charge in [0.1, 0.15) is 0 Å². The predicted molar refractivity (Wildman–Crippen MR) is 88.2 cm³/mol. The number of hydrogen-bond acceptors (Lipinski definition) is 1. The normalized spacial score (nSPS) is 15.3. The Morgan fingerprint density at radius 3 is 1.84 bits per heavy atom. The molecule has 0 aliphatic heterocycles. The van der Waals surface area contributed by atoms with Gasteiger partial charge in [0.2, 0.25) is 0 Å². The highest BCUT2D eigenvalue weighted by Crippen LogP contribution is 2.33. The summed E-state index contributed by atoms with van der Waals surface area (Å²) >= 11 is 0. The van der Waals surface area contributed by atoms with Gasteiger partial charge in [-0.2, -0.15) is 0 Å². The summed E-state index contributed by atoms with van der Waals surface area (Å²) in [4.78, 5) is 0. The summed E-state index contributed by atoms with van der Waals surface area (Å²) in [5, 5.41) is 0. The molecule has 0 radical (unpaired) electrons. The highest BCUT2D eigenvalue weighted by atomic mass is 14.7. The largest absolute Gasteiger partial charge is 0.325 e. The van der Waals surface area contributed by atoms with Crippen LogP contribution < -0.4 is 5.73 Å². The molecular formula is C18H33N. The first-order valence-electron chi connectivity index (χ1n) is 7.13. The summed E-state index contributed by atoms with van der Waals surface area (Å²) in [6.45, 7) is 21.4. The van der Waals surface area contributed by atoms with Crippen LogP contribution in [0.1, 0.15) is 68.2 Å². The number of hydrogen-bond donors (Lipinski definition) is 1. The third-order valence-corrected chi connectivity index (χ3v) is 2.96. The maximum absolute atomic E-state index is 6.16. The van der Waals surface area contributed by atoms with Gasteiger partial charge in [-0.05, 0) is 58.4 Å². The van der Waals surface area contributed by atoms with Crippen LogP contribution in [-0.2, 0) is 0 Å². The topological polar surface area (TPSA) is 26.0 Å². The van der Waals surface area contributed by atoms with Crippen LogP contribution in [0.4, 0.5) is 0 Å². The molecule has 1 nitrogen and oxygen atoms in total. The molecule has 0 spiro atoms. The summed E-state index contributed by atoms with van der Waals surface area (Å²) in [6, 6.07) is 0. The fourth-order valence-corrected chi connectivity index (χ4v) is 2.53. The van der Waals surface area contributed by atoms with Crippen molar-refractivity contribution in [2.75, 3.05) is 0 Å². The lowest BCUT2D eigenvalue weighted by atomic mass is 9.79. The first kappa shape index (κ1) is 18.2. The summed E-state index contributed by atoms with van der Waals surface area (Å²) in [6.07, 6.45) is 4.23. The van der Waals surface area contributed by atoms with Crippen molar-refractivity contribution in [3.8, 4) is 0 Å². The Bertz CT molecular complexity index is 381. The smallest absolute Gasteiger partial charge is 0.0134 e. The zero-order valence-electron chi connectivity index (χ0n) is 14.3. The molecule has 0 bridgehead atoms. The molecule has 0 saturated heterocycles. The van der Waals surface area contributed by atoms with Crippen LogP contribution in [0.25, 0.3) is 0 Å². The van der Waals surface area contributed by atoms with E-state index in [0.29, 0.717) is 0 Å².